The lowest BCUT2D eigenvalue weighted by Gasteiger charge is -2.22. The summed E-state index contributed by atoms with van der Waals surface area (Å²) >= 11 is 1.46. The maximum Gasteiger partial charge on any atom is 0.260 e. The van der Waals surface area contributed by atoms with Crippen molar-refractivity contribution in [2.24, 2.45) is 0 Å². The number of amides is 1. The van der Waals surface area contributed by atoms with Gasteiger partial charge in [0.1, 0.15) is 0 Å². The number of carbonyl (C=O) groups is 1. The second kappa shape index (κ2) is 12.6. The van der Waals surface area contributed by atoms with Gasteiger partial charge in [-0.05, 0) is 54.4 Å². The average molecular weight is 554 g/mol. The van der Waals surface area contributed by atoms with E-state index in [4.69, 9.17) is 14.5 Å². The SMILES string of the molecule is COCCN(CCOC)S(=O)(=O)c1ccc(C(=O)N(Cc2ccccc2)c2nc3ccc(C)cc3s2)cc1. The number of ether oxygens (including phenoxy) is 2. The van der Waals surface area contributed by atoms with Crippen LogP contribution in [0.1, 0.15) is 21.5 Å². The molecule has 0 spiro atoms. The molecule has 0 unspecified atom stereocenters. The normalized spacial score (nSPS) is 11.8. The fourth-order valence-corrected chi connectivity index (χ4v) is 6.41. The highest BCUT2D eigenvalue weighted by atomic mass is 32.2. The van der Waals surface area contributed by atoms with Crippen molar-refractivity contribution in [2.45, 2.75) is 18.4 Å². The number of methoxy groups -OCH3 is 2. The molecule has 8 nitrogen and oxygen atoms in total. The van der Waals surface area contributed by atoms with Gasteiger partial charge in [0.05, 0.1) is 34.9 Å². The van der Waals surface area contributed by atoms with Gasteiger partial charge < -0.3 is 9.47 Å². The van der Waals surface area contributed by atoms with Gasteiger partial charge in [0, 0.05) is 32.9 Å². The Hall–Kier alpha value is -3.15. The fourth-order valence-electron chi connectivity index (χ4n) is 3.94. The molecule has 4 rings (SSSR count). The molecule has 0 radical (unpaired) electrons. The first kappa shape index (κ1) is 27.9. The largest absolute Gasteiger partial charge is 0.383 e. The van der Waals surface area contributed by atoms with E-state index in [1.54, 1.807) is 17.0 Å². The summed E-state index contributed by atoms with van der Waals surface area (Å²) in [5, 5.41) is 0.585. The zero-order chi connectivity index (χ0) is 27.1. The molecule has 4 aromatic rings. The maximum absolute atomic E-state index is 13.8. The monoisotopic (exact) mass is 553 g/mol. The molecule has 10 heteroatoms. The molecule has 0 atom stereocenters. The highest BCUT2D eigenvalue weighted by molar-refractivity contribution is 7.89. The summed E-state index contributed by atoms with van der Waals surface area (Å²) in [6.45, 7) is 3.27. The van der Waals surface area contributed by atoms with Gasteiger partial charge in [-0.25, -0.2) is 13.4 Å². The fraction of sp³-hybridized carbons (Fsp3) is 0.286. The van der Waals surface area contributed by atoms with Crippen molar-refractivity contribution >= 4 is 42.6 Å². The molecule has 0 bridgehead atoms. The number of hydrogen-bond donors (Lipinski definition) is 0. The van der Waals surface area contributed by atoms with Crippen molar-refractivity contribution in [1.29, 1.82) is 0 Å². The van der Waals surface area contributed by atoms with Crippen molar-refractivity contribution in [3.05, 3.63) is 89.5 Å². The second-order valence-corrected chi connectivity index (χ2v) is 11.7. The Labute approximate surface area is 227 Å². The van der Waals surface area contributed by atoms with E-state index in [2.05, 4.69) is 6.07 Å². The van der Waals surface area contributed by atoms with Crippen LogP contribution in [0.5, 0.6) is 0 Å². The zero-order valence-electron chi connectivity index (χ0n) is 21.7. The second-order valence-electron chi connectivity index (χ2n) is 8.76. The molecule has 0 saturated carbocycles. The Morgan fingerprint density at radius 2 is 1.58 bits per heavy atom. The van der Waals surface area contributed by atoms with E-state index >= 15 is 0 Å². The van der Waals surface area contributed by atoms with Crippen LogP contribution >= 0.6 is 11.3 Å². The summed E-state index contributed by atoms with van der Waals surface area (Å²) < 4.78 is 39.0. The Morgan fingerprint density at radius 1 is 0.921 bits per heavy atom. The Kier molecular flexibility index (Phi) is 9.24. The van der Waals surface area contributed by atoms with E-state index in [-0.39, 0.29) is 37.1 Å². The Morgan fingerprint density at radius 3 is 2.21 bits per heavy atom. The molecule has 38 heavy (non-hydrogen) atoms. The van der Waals surface area contributed by atoms with Crippen LogP contribution in [-0.2, 0) is 26.0 Å². The third-order valence-corrected chi connectivity index (χ3v) is 8.97. The number of nitrogens with zero attached hydrogens (tertiary/aromatic N) is 3. The minimum Gasteiger partial charge on any atom is -0.383 e. The first-order valence-electron chi connectivity index (χ1n) is 12.1. The van der Waals surface area contributed by atoms with Crippen LogP contribution in [0.15, 0.2) is 77.7 Å². The summed E-state index contributed by atoms with van der Waals surface area (Å²) in [6, 6.07) is 21.8. The number of hydrogen-bond acceptors (Lipinski definition) is 7. The molecular formula is C28H31N3O5S2. The van der Waals surface area contributed by atoms with Gasteiger partial charge in [-0.1, -0.05) is 47.7 Å². The predicted molar refractivity (Wildman–Crippen MR) is 150 cm³/mol. The van der Waals surface area contributed by atoms with Crippen molar-refractivity contribution in [2.75, 3.05) is 45.4 Å². The third-order valence-electron chi connectivity index (χ3n) is 6.02. The highest BCUT2D eigenvalue weighted by Crippen LogP contribution is 2.31. The van der Waals surface area contributed by atoms with Gasteiger partial charge in [-0.3, -0.25) is 9.69 Å². The van der Waals surface area contributed by atoms with Crippen LogP contribution in [0.4, 0.5) is 5.13 Å². The number of aryl methyl sites for hydroxylation is 1. The molecule has 0 saturated heterocycles. The molecule has 1 aromatic heterocycles. The van der Waals surface area contributed by atoms with E-state index in [9.17, 15) is 13.2 Å². The highest BCUT2D eigenvalue weighted by Gasteiger charge is 2.26. The maximum atomic E-state index is 13.8. The third kappa shape index (κ3) is 6.46. The van der Waals surface area contributed by atoms with Crippen molar-refractivity contribution in [1.82, 2.24) is 9.29 Å². The minimum atomic E-state index is -3.79. The lowest BCUT2D eigenvalue weighted by molar-refractivity contribution is 0.0985. The van der Waals surface area contributed by atoms with Gasteiger partial charge in [0.25, 0.3) is 5.91 Å². The van der Waals surface area contributed by atoms with E-state index in [0.29, 0.717) is 17.2 Å². The number of fused-ring (bicyclic) bond motifs is 1. The topological polar surface area (TPSA) is 89.0 Å². The number of rotatable bonds is 12. The van der Waals surface area contributed by atoms with Crippen molar-refractivity contribution in [3.8, 4) is 0 Å². The Bertz CT molecular complexity index is 1460. The summed E-state index contributed by atoms with van der Waals surface area (Å²) in [5.41, 5.74) is 3.28. The van der Waals surface area contributed by atoms with Crippen molar-refractivity contribution in [3.63, 3.8) is 0 Å². The lowest BCUT2D eigenvalue weighted by atomic mass is 10.1. The van der Waals surface area contributed by atoms with Crippen LogP contribution in [0.2, 0.25) is 0 Å². The average Bonchev–Trinajstić information content (AvgIpc) is 3.35. The van der Waals surface area contributed by atoms with E-state index < -0.39 is 10.0 Å². The molecule has 3 aromatic carbocycles. The summed E-state index contributed by atoms with van der Waals surface area (Å²) in [7, 11) is -0.746. The van der Waals surface area contributed by atoms with Gasteiger partial charge in [0.15, 0.2) is 5.13 Å². The zero-order valence-corrected chi connectivity index (χ0v) is 23.3. The van der Waals surface area contributed by atoms with Gasteiger partial charge in [0.2, 0.25) is 10.0 Å². The molecule has 1 amide bonds. The lowest BCUT2D eigenvalue weighted by Crippen LogP contribution is -2.36. The predicted octanol–water partition coefficient (Wildman–Crippen LogP) is 4.74. The molecule has 0 fully saturated rings. The summed E-state index contributed by atoms with van der Waals surface area (Å²) in [5.74, 6) is -0.260. The van der Waals surface area contributed by atoms with Crippen LogP contribution in [0.3, 0.4) is 0 Å². The van der Waals surface area contributed by atoms with E-state index in [0.717, 1.165) is 21.3 Å². The van der Waals surface area contributed by atoms with Crippen LogP contribution < -0.4 is 4.90 Å². The first-order chi connectivity index (χ1) is 18.3. The summed E-state index contributed by atoms with van der Waals surface area (Å²) in [4.78, 5) is 20.2. The van der Waals surface area contributed by atoms with Gasteiger partial charge >= 0.3 is 0 Å². The first-order valence-corrected chi connectivity index (χ1v) is 14.4. The molecule has 1 heterocycles. The quantitative estimate of drug-likeness (QED) is 0.252. The van der Waals surface area contributed by atoms with Crippen LogP contribution in [-0.4, -0.2) is 64.1 Å². The molecule has 0 aliphatic rings. The molecule has 200 valence electrons. The Balaban J connectivity index is 1.64. The van der Waals surface area contributed by atoms with E-state index in [1.165, 1.54) is 42.0 Å². The minimum absolute atomic E-state index is 0.103. The molecule has 0 N–H and O–H groups in total. The van der Waals surface area contributed by atoms with Crippen LogP contribution in [0, 0.1) is 6.92 Å². The van der Waals surface area contributed by atoms with Gasteiger partial charge in [-0.15, -0.1) is 0 Å². The number of thiazole rings is 1. The van der Waals surface area contributed by atoms with Crippen molar-refractivity contribution < 1.29 is 22.7 Å². The number of benzene rings is 3. The van der Waals surface area contributed by atoms with Crippen LogP contribution in [0.25, 0.3) is 10.2 Å². The molecule has 0 aliphatic heterocycles. The summed E-state index contributed by atoms with van der Waals surface area (Å²) in [6.07, 6.45) is 0. The molecule has 0 aliphatic carbocycles. The number of aromatic nitrogens is 1. The number of sulfonamides is 1. The van der Waals surface area contributed by atoms with Gasteiger partial charge in [-0.2, -0.15) is 4.31 Å². The standard InChI is InChI=1S/C28H31N3O5S2/c1-21-9-14-25-26(19-21)37-28(29-25)31(20-22-7-5-4-6-8-22)27(32)23-10-12-24(13-11-23)38(33,34)30(15-17-35-2)16-18-36-3/h4-14,19H,15-18,20H2,1-3H3. The smallest absolute Gasteiger partial charge is 0.260 e. The number of anilines is 1. The molecular weight excluding hydrogens is 522 g/mol. The van der Waals surface area contributed by atoms with E-state index in [1.807, 2.05) is 49.4 Å². The number of carbonyl (C=O) groups excluding carboxylic acids is 1.